The topological polar surface area (TPSA) is 26.3 Å². The minimum atomic E-state index is -0.0831. The molecule has 15 heavy (non-hydrogen) atoms. The maximum Gasteiger partial charge on any atom is 0.308 e. The van der Waals surface area contributed by atoms with Crippen LogP contribution in [0, 0.1) is 5.92 Å². The lowest BCUT2D eigenvalue weighted by Gasteiger charge is -2.26. The van der Waals surface area contributed by atoms with Crippen LogP contribution >= 0.6 is 11.6 Å². The molecule has 0 unspecified atom stereocenters. The number of esters is 1. The molecule has 0 spiro atoms. The number of hydrogen-bond donors (Lipinski definition) is 0. The van der Waals surface area contributed by atoms with Crippen LogP contribution in [0.2, 0.25) is 5.02 Å². The van der Waals surface area contributed by atoms with Crippen LogP contribution < -0.4 is 0 Å². The minimum absolute atomic E-state index is 0.000530. The highest BCUT2D eigenvalue weighted by Gasteiger charge is 2.27. The van der Waals surface area contributed by atoms with Gasteiger partial charge in [0.15, 0.2) is 0 Å². The average molecular weight is 225 g/mol. The largest absolute Gasteiger partial charge is 0.465 e. The Morgan fingerprint density at radius 3 is 2.60 bits per heavy atom. The van der Waals surface area contributed by atoms with E-state index in [1.165, 1.54) is 5.56 Å². The molecule has 1 fully saturated rings. The summed E-state index contributed by atoms with van der Waals surface area (Å²) in [5.41, 5.74) is 1.19. The van der Waals surface area contributed by atoms with E-state index in [9.17, 15) is 4.79 Å². The Morgan fingerprint density at radius 2 is 2.00 bits per heavy atom. The number of halogens is 1. The van der Waals surface area contributed by atoms with Crippen molar-refractivity contribution < 1.29 is 9.53 Å². The van der Waals surface area contributed by atoms with E-state index in [-0.39, 0.29) is 11.9 Å². The number of rotatable bonds is 1. The van der Waals surface area contributed by atoms with Crippen molar-refractivity contribution in [3.05, 3.63) is 34.9 Å². The molecule has 1 saturated heterocycles. The zero-order chi connectivity index (χ0) is 10.8. The third kappa shape index (κ3) is 2.32. The molecule has 0 saturated carbocycles. The van der Waals surface area contributed by atoms with Gasteiger partial charge in [0.25, 0.3) is 0 Å². The molecule has 80 valence electrons. The quantitative estimate of drug-likeness (QED) is 0.686. The standard InChI is InChI=1S/C12H13ClO2/c1-8-6-10(7-15-12(8)14)9-2-4-11(13)5-3-9/h2-5,8,10H,6-7H2,1H3/t8-,10+/m0/s1. The van der Waals surface area contributed by atoms with Crippen molar-refractivity contribution in [2.45, 2.75) is 19.3 Å². The first kappa shape index (κ1) is 10.5. The number of cyclic esters (lactones) is 1. The van der Waals surface area contributed by atoms with Gasteiger partial charge in [-0.2, -0.15) is 0 Å². The van der Waals surface area contributed by atoms with E-state index in [2.05, 4.69) is 0 Å². The second-order valence-electron chi connectivity index (χ2n) is 4.02. The van der Waals surface area contributed by atoms with Gasteiger partial charge in [0, 0.05) is 10.9 Å². The molecule has 0 bridgehead atoms. The lowest BCUT2D eigenvalue weighted by Crippen LogP contribution is -2.27. The van der Waals surface area contributed by atoms with E-state index in [0.29, 0.717) is 12.5 Å². The molecule has 2 nitrogen and oxygen atoms in total. The lowest BCUT2D eigenvalue weighted by molar-refractivity contribution is -0.153. The number of carbonyl (C=O) groups excluding carboxylic acids is 1. The van der Waals surface area contributed by atoms with Gasteiger partial charge in [0.2, 0.25) is 0 Å². The van der Waals surface area contributed by atoms with E-state index in [1.807, 2.05) is 31.2 Å². The molecule has 1 aromatic rings. The van der Waals surface area contributed by atoms with Crippen LogP contribution in [0.4, 0.5) is 0 Å². The van der Waals surface area contributed by atoms with Gasteiger partial charge < -0.3 is 4.74 Å². The predicted molar refractivity (Wildman–Crippen MR) is 58.9 cm³/mol. The van der Waals surface area contributed by atoms with Gasteiger partial charge in [-0.15, -0.1) is 0 Å². The van der Waals surface area contributed by atoms with Crippen LogP contribution in [-0.2, 0) is 9.53 Å². The van der Waals surface area contributed by atoms with Crippen LogP contribution in [0.15, 0.2) is 24.3 Å². The first-order valence-corrected chi connectivity index (χ1v) is 5.46. The van der Waals surface area contributed by atoms with Gasteiger partial charge in [0.1, 0.15) is 0 Å². The maximum atomic E-state index is 11.2. The third-order valence-electron chi connectivity index (χ3n) is 2.81. The molecule has 1 aliphatic rings. The number of benzene rings is 1. The van der Waals surface area contributed by atoms with Crippen molar-refractivity contribution in [2.24, 2.45) is 5.92 Å². The van der Waals surface area contributed by atoms with E-state index in [4.69, 9.17) is 16.3 Å². The average Bonchev–Trinajstić information content (AvgIpc) is 2.23. The number of ether oxygens (including phenoxy) is 1. The lowest BCUT2D eigenvalue weighted by atomic mass is 9.88. The fourth-order valence-corrected chi connectivity index (χ4v) is 2.01. The minimum Gasteiger partial charge on any atom is -0.465 e. The monoisotopic (exact) mass is 224 g/mol. The molecule has 0 aromatic heterocycles. The Hall–Kier alpha value is -1.02. The second-order valence-corrected chi connectivity index (χ2v) is 4.45. The van der Waals surface area contributed by atoms with E-state index < -0.39 is 0 Å². The highest BCUT2D eigenvalue weighted by atomic mass is 35.5. The second kappa shape index (κ2) is 4.23. The van der Waals surface area contributed by atoms with E-state index >= 15 is 0 Å². The number of hydrogen-bond acceptors (Lipinski definition) is 2. The van der Waals surface area contributed by atoms with Crippen molar-refractivity contribution in [1.82, 2.24) is 0 Å². The normalized spacial score (nSPS) is 26.1. The van der Waals surface area contributed by atoms with E-state index in [1.54, 1.807) is 0 Å². The fraction of sp³-hybridized carbons (Fsp3) is 0.417. The molecule has 0 radical (unpaired) electrons. The summed E-state index contributed by atoms with van der Waals surface area (Å²) >= 11 is 5.82. The summed E-state index contributed by atoms with van der Waals surface area (Å²) in [5.74, 6) is 0.231. The Labute approximate surface area is 94.2 Å². The van der Waals surface area contributed by atoms with Crippen molar-refractivity contribution in [1.29, 1.82) is 0 Å². The highest BCUT2D eigenvalue weighted by molar-refractivity contribution is 6.30. The van der Waals surface area contributed by atoms with Crippen LogP contribution in [-0.4, -0.2) is 12.6 Å². The van der Waals surface area contributed by atoms with Crippen molar-refractivity contribution in [3.63, 3.8) is 0 Å². The predicted octanol–water partition coefficient (Wildman–Crippen LogP) is 3.01. The van der Waals surface area contributed by atoms with Crippen LogP contribution in [0.1, 0.15) is 24.8 Å². The van der Waals surface area contributed by atoms with Gasteiger partial charge >= 0.3 is 5.97 Å². The number of carbonyl (C=O) groups is 1. The van der Waals surface area contributed by atoms with Crippen molar-refractivity contribution in [3.8, 4) is 0 Å². The van der Waals surface area contributed by atoms with Gasteiger partial charge in [0.05, 0.1) is 12.5 Å². The molecular formula is C12H13ClO2. The first-order chi connectivity index (χ1) is 7.16. The van der Waals surface area contributed by atoms with Crippen molar-refractivity contribution >= 4 is 17.6 Å². The smallest absolute Gasteiger partial charge is 0.308 e. The molecule has 2 atom stereocenters. The Balaban J connectivity index is 2.12. The van der Waals surface area contributed by atoms with Gasteiger partial charge in [-0.25, -0.2) is 0 Å². The molecule has 3 heteroatoms. The van der Waals surface area contributed by atoms with Gasteiger partial charge in [-0.05, 0) is 24.1 Å². The van der Waals surface area contributed by atoms with Gasteiger partial charge in [-0.1, -0.05) is 30.7 Å². The Kier molecular flexibility index (Phi) is 2.96. The summed E-state index contributed by atoms with van der Waals surface area (Å²) in [6, 6.07) is 7.74. The van der Waals surface area contributed by atoms with Crippen molar-refractivity contribution in [2.75, 3.05) is 6.61 Å². The molecule has 1 aliphatic heterocycles. The Bertz CT molecular complexity index is 358. The molecule has 0 N–H and O–H groups in total. The SMILES string of the molecule is C[C@H]1C[C@@H](c2ccc(Cl)cc2)COC1=O. The zero-order valence-corrected chi connectivity index (χ0v) is 9.33. The van der Waals surface area contributed by atoms with E-state index in [0.717, 1.165) is 11.4 Å². The highest BCUT2D eigenvalue weighted by Crippen LogP contribution is 2.29. The van der Waals surface area contributed by atoms with Gasteiger partial charge in [-0.3, -0.25) is 4.79 Å². The molecule has 2 rings (SSSR count). The van der Waals surface area contributed by atoms with Crippen LogP contribution in [0.3, 0.4) is 0 Å². The fourth-order valence-electron chi connectivity index (χ4n) is 1.88. The van der Waals surface area contributed by atoms with Crippen LogP contribution in [0.5, 0.6) is 0 Å². The third-order valence-corrected chi connectivity index (χ3v) is 3.06. The molecular weight excluding hydrogens is 212 g/mol. The maximum absolute atomic E-state index is 11.2. The molecule has 0 amide bonds. The summed E-state index contributed by atoms with van der Waals surface area (Å²) in [6.45, 7) is 2.40. The molecule has 0 aliphatic carbocycles. The summed E-state index contributed by atoms with van der Waals surface area (Å²) < 4.78 is 5.12. The summed E-state index contributed by atoms with van der Waals surface area (Å²) in [4.78, 5) is 11.2. The summed E-state index contributed by atoms with van der Waals surface area (Å²) in [6.07, 6.45) is 0.862. The Morgan fingerprint density at radius 1 is 1.33 bits per heavy atom. The molecule has 1 aromatic carbocycles. The first-order valence-electron chi connectivity index (χ1n) is 5.09. The summed E-state index contributed by atoms with van der Waals surface area (Å²) in [7, 11) is 0. The summed E-state index contributed by atoms with van der Waals surface area (Å²) in [5, 5.41) is 0.736. The molecule has 1 heterocycles. The van der Waals surface area contributed by atoms with Crippen LogP contribution in [0.25, 0.3) is 0 Å². The zero-order valence-electron chi connectivity index (χ0n) is 8.57.